The lowest BCUT2D eigenvalue weighted by Gasteiger charge is -2.06. The van der Waals surface area contributed by atoms with Crippen molar-refractivity contribution in [3.05, 3.63) is 71.6 Å². The third-order valence-corrected chi connectivity index (χ3v) is 4.41. The van der Waals surface area contributed by atoms with Crippen molar-refractivity contribution >= 4 is 11.6 Å². The first-order valence-corrected chi connectivity index (χ1v) is 8.57. The number of ether oxygens (including phenoxy) is 1. The number of methoxy groups -OCH3 is 1. The second-order valence-electron chi connectivity index (χ2n) is 6.47. The highest BCUT2D eigenvalue weighted by molar-refractivity contribution is 5.84. The van der Waals surface area contributed by atoms with Crippen molar-refractivity contribution in [3.63, 3.8) is 0 Å². The van der Waals surface area contributed by atoms with Gasteiger partial charge in [-0.05, 0) is 25.5 Å². The zero-order valence-corrected chi connectivity index (χ0v) is 15.4. The molecule has 4 aromatic rings. The van der Waals surface area contributed by atoms with E-state index in [2.05, 4.69) is 50.4 Å². The summed E-state index contributed by atoms with van der Waals surface area (Å²) in [5, 5.41) is 4.22. The Bertz CT molecular complexity index is 1130. The fourth-order valence-corrected chi connectivity index (χ4v) is 3.00. The van der Waals surface area contributed by atoms with E-state index in [4.69, 9.17) is 4.98 Å². The van der Waals surface area contributed by atoms with Crippen LogP contribution < -0.4 is 0 Å². The molecule has 1 aromatic carbocycles. The Hall–Kier alpha value is -3.48. The highest BCUT2D eigenvalue weighted by Crippen LogP contribution is 2.26. The minimum Gasteiger partial charge on any atom is -0.463 e. The monoisotopic (exact) mass is 361 g/mol. The Morgan fingerprint density at radius 2 is 1.81 bits per heavy atom. The van der Waals surface area contributed by atoms with Crippen LogP contribution in [0.2, 0.25) is 0 Å². The Balaban J connectivity index is 1.83. The van der Waals surface area contributed by atoms with Crippen LogP contribution in [0.15, 0.2) is 48.9 Å². The number of hydrogen-bond donors (Lipinski definition) is 0. The molecule has 0 aliphatic rings. The van der Waals surface area contributed by atoms with E-state index >= 15 is 0 Å². The van der Waals surface area contributed by atoms with Gasteiger partial charge >= 0.3 is 5.97 Å². The van der Waals surface area contributed by atoms with Crippen molar-refractivity contribution in [2.75, 3.05) is 7.11 Å². The number of carbonyl (C=O) groups excluding carboxylic acids is 1. The molecule has 0 atom stereocenters. The van der Waals surface area contributed by atoms with Crippen LogP contribution in [0.3, 0.4) is 0 Å². The van der Waals surface area contributed by atoms with Crippen LogP contribution in [0.1, 0.15) is 27.4 Å². The van der Waals surface area contributed by atoms with Gasteiger partial charge in [-0.3, -0.25) is 0 Å². The predicted octanol–water partition coefficient (Wildman–Crippen LogP) is 3.04. The van der Waals surface area contributed by atoms with Gasteiger partial charge in [0.1, 0.15) is 12.0 Å². The number of carbonyl (C=O) groups is 1. The first kappa shape index (κ1) is 17.0. The van der Waals surface area contributed by atoms with Crippen molar-refractivity contribution in [2.45, 2.75) is 20.4 Å². The van der Waals surface area contributed by atoms with Crippen LogP contribution in [0.4, 0.5) is 0 Å². The number of imidazole rings is 1. The van der Waals surface area contributed by atoms with Gasteiger partial charge in [-0.2, -0.15) is 0 Å². The number of fused-ring (bicyclic) bond motifs is 1. The first-order valence-electron chi connectivity index (χ1n) is 8.57. The Labute approximate surface area is 156 Å². The molecular formula is C20H19N5O2. The van der Waals surface area contributed by atoms with E-state index in [-0.39, 0.29) is 5.82 Å². The Morgan fingerprint density at radius 1 is 1.07 bits per heavy atom. The standard InChI is InChI=1S/C20H19N5O2/c1-13-4-7-15(8-5-13)18-16(25-10-14(2)6-9-17(25)22-18)11-24-12-21-19(23-24)20(26)27-3/h4-10,12H,11H2,1-3H3. The second kappa shape index (κ2) is 6.68. The molecule has 0 N–H and O–H groups in total. The van der Waals surface area contributed by atoms with Crippen molar-refractivity contribution in [1.82, 2.24) is 24.1 Å². The molecule has 0 aliphatic carbocycles. The lowest BCUT2D eigenvalue weighted by Crippen LogP contribution is -2.08. The molecule has 4 rings (SSSR count). The fraction of sp³-hybridized carbons (Fsp3) is 0.200. The topological polar surface area (TPSA) is 74.3 Å². The maximum atomic E-state index is 11.6. The van der Waals surface area contributed by atoms with Gasteiger partial charge < -0.3 is 9.14 Å². The number of esters is 1. The van der Waals surface area contributed by atoms with Gasteiger partial charge in [0.15, 0.2) is 0 Å². The van der Waals surface area contributed by atoms with Gasteiger partial charge in [-0.15, -0.1) is 5.10 Å². The summed E-state index contributed by atoms with van der Waals surface area (Å²) in [6, 6.07) is 12.3. The summed E-state index contributed by atoms with van der Waals surface area (Å²) in [5.41, 5.74) is 6.07. The van der Waals surface area contributed by atoms with E-state index in [1.54, 1.807) is 4.68 Å². The molecule has 0 bridgehead atoms. The summed E-state index contributed by atoms with van der Waals surface area (Å²) < 4.78 is 8.36. The summed E-state index contributed by atoms with van der Waals surface area (Å²) in [5.74, 6) is -0.513. The predicted molar refractivity (Wildman–Crippen MR) is 101 cm³/mol. The number of benzene rings is 1. The molecule has 0 unspecified atom stereocenters. The van der Waals surface area contributed by atoms with Crippen LogP contribution in [0.5, 0.6) is 0 Å². The molecule has 0 amide bonds. The molecule has 7 heteroatoms. The minimum atomic E-state index is -0.554. The van der Waals surface area contributed by atoms with E-state index in [1.807, 2.05) is 25.3 Å². The SMILES string of the molecule is COC(=O)c1ncn(Cc2c(-c3ccc(C)cc3)nc3ccc(C)cn23)n1. The van der Waals surface area contributed by atoms with Gasteiger partial charge in [0.25, 0.3) is 5.82 Å². The molecule has 0 fully saturated rings. The van der Waals surface area contributed by atoms with E-state index in [0.717, 1.165) is 28.2 Å². The molecule has 27 heavy (non-hydrogen) atoms. The third kappa shape index (κ3) is 3.19. The lowest BCUT2D eigenvalue weighted by atomic mass is 10.1. The van der Waals surface area contributed by atoms with Crippen LogP contribution >= 0.6 is 0 Å². The zero-order chi connectivity index (χ0) is 19.0. The molecule has 136 valence electrons. The van der Waals surface area contributed by atoms with Crippen molar-refractivity contribution in [2.24, 2.45) is 0 Å². The van der Waals surface area contributed by atoms with E-state index in [0.29, 0.717) is 6.54 Å². The Morgan fingerprint density at radius 3 is 2.56 bits per heavy atom. The first-order chi connectivity index (χ1) is 13.0. The minimum absolute atomic E-state index is 0.0411. The number of pyridine rings is 1. The highest BCUT2D eigenvalue weighted by atomic mass is 16.5. The number of nitrogens with zero attached hydrogens (tertiary/aromatic N) is 5. The summed E-state index contributed by atoms with van der Waals surface area (Å²) >= 11 is 0. The smallest absolute Gasteiger partial charge is 0.377 e. The average Bonchev–Trinajstić information content (AvgIpc) is 3.27. The Kier molecular flexibility index (Phi) is 4.19. The van der Waals surface area contributed by atoms with Gasteiger partial charge in [0.2, 0.25) is 0 Å². The molecule has 0 saturated heterocycles. The lowest BCUT2D eigenvalue weighted by molar-refractivity contribution is 0.0586. The van der Waals surface area contributed by atoms with Gasteiger partial charge in [-0.1, -0.05) is 35.9 Å². The van der Waals surface area contributed by atoms with Gasteiger partial charge in [-0.25, -0.2) is 19.4 Å². The van der Waals surface area contributed by atoms with E-state index < -0.39 is 5.97 Å². The molecular weight excluding hydrogens is 342 g/mol. The van der Waals surface area contributed by atoms with Crippen LogP contribution in [0, 0.1) is 13.8 Å². The van der Waals surface area contributed by atoms with E-state index in [9.17, 15) is 4.79 Å². The summed E-state index contributed by atoms with van der Waals surface area (Å²) in [6.07, 6.45) is 3.58. The normalized spacial score (nSPS) is 11.1. The van der Waals surface area contributed by atoms with Crippen molar-refractivity contribution < 1.29 is 9.53 Å². The molecule has 3 aromatic heterocycles. The quantitative estimate of drug-likeness (QED) is 0.522. The number of aryl methyl sites for hydroxylation is 2. The maximum Gasteiger partial charge on any atom is 0.377 e. The van der Waals surface area contributed by atoms with Gasteiger partial charge in [0.05, 0.1) is 25.0 Å². The highest BCUT2D eigenvalue weighted by Gasteiger charge is 2.17. The van der Waals surface area contributed by atoms with Crippen molar-refractivity contribution in [1.29, 1.82) is 0 Å². The molecule has 0 spiro atoms. The average molecular weight is 361 g/mol. The molecule has 0 radical (unpaired) electrons. The number of aromatic nitrogens is 5. The third-order valence-electron chi connectivity index (χ3n) is 4.41. The second-order valence-corrected chi connectivity index (χ2v) is 6.47. The maximum absolute atomic E-state index is 11.6. The summed E-state index contributed by atoms with van der Waals surface area (Å²) in [4.78, 5) is 20.5. The molecule has 7 nitrogen and oxygen atoms in total. The van der Waals surface area contributed by atoms with Crippen LogP contribution in [0.25, 0.3) is 16.9 Å². The summed E-state index contributed by atoms with van der Waals surface area (Å²) in [7, 11) is 1.31. The van der Waals surface area contributed by atoms with Crippen LogP contribution in [-0.2, 0) is 11.3 Å². The number of hydrogen-bond acceptors (Lipinski definition) is 5. The van der Waals surface area contributed by atoms with Gasteiger partial charge in [0, 0.05) is 11.8 Å². The summed E-state index contributed by atoms with van der Waals surface area (Å²) in [6.45, 7) is 4.53. The fourth-order valence-electron chi connectivity index (χ4n) is 3.00. The van der Waals surface area contributed by atoms with Crippen molar-refractivity contribution in [3.8, 4) is 11.3 Å². The largest absolute Gasteiger partial charge is 0.463 e. The molecule has 0 aliphatic heterocycles. The molecule has 3 heterocycles. The van der Waals surface area contributed by atoms with E-state index in [1.165, 1.54) is 19.0 Å². The number of rotatable bonds is 4. The van der Waals surface area contributed by atoms with Crippen LogP contribution in [-0.4, -0.2) is 37.2 Å². The molecule has 0 saturated carbocycles. The zero-order valence-electron chi connectivity index (χ0n) is 15.4.